The number of quaternary nitrogens is 1. The van der Waals surface area contributed by atoms with Gasteiger partial charge in [-0.15, -0.1) is 0 Å². The van der Waals surface area contributed by atoms with Crippen LogP contribution in [0.3, 0.4) is 0 Å². The van der Waals surface area contributed by atoms with Crippen molar-refractivity contribution in [1.29, 1.82) is 0 Å². The normalized spacial score (nSPS) is 45.3. The zero-order valence-corrected chi connectivity index (χ0v) is 14.6. The molecule has 0 N–H and O–H groups in total. The first-order chi connectivity index (χ1) is 11.7. The van der Waals surface area contributed by atoms with E-state index in [1.807, 2.05) is 0 Å². The molecule has 0 aliphatic carbocycles. The Labute approximate surface area is 145 Å². The molecule has 4 fully saturated rings. The summed E-state index contributed by atoms with van der Waals surface area (Å²) < 4.78 is 0.162. The summed E-state index contributed by atoms with van der Waals surface area (Å²) in [6.45, 7) is 2.98. The molecule has 0 amide bonds. The lowest BCUT2D eigenvalue weighted by molar-refractivity contribution is -0.925. The maximum Gasteiger partial charge on any atom is 0.0928 e. The predicted molar refractivity (Wildman–Crippen MR) is 96.1 cm³/mol. The molecule has 0 aromatic heterocycles. The number of hydrogen-bond acceptors (Lipinski definition) is 2. The van der Waals surface area contributed by atoms with Gasteiger partial charge >= 0.3 is 0 Å². The molecule has 3 nitrogen and oxygen atoms in total. The van der Waals surface area contributed by atoms with Gasteiger partial charge in [0.2, 0.25) is 0 Å². The van der Waals surface area contributed by atoms with Gasteiger partial charge in [-0.3, -0.25) is 4.90 Å². The van der Waals surface area contributed by atoms with Gasteiger partial charge in [-0.2, -0.15) is 0 Å². The van der Waals surface area contributed by atoms with Crippen molar-refractivity contribution in [2.75, 3.05) is 19.6 Å². The van der Waals surface area contributed by atoms with Crippen molar-refractivity contribution in [2.24, 2.45) is 11.8 Å². The van der Waals surface area contributed by atoms with Gasteiger partial charge < -0.3 is 9.85 Å². The van der Waals surface area contributed by atoms with Crippen molar-refractivity contribution < 1.29 is 4.65 Å². The highest BCUT2D eigenvalue weighted by molar-refractivity contribution is 5.20. The maximum atomic E-state index is 13.5. The Morgan fingerprint density at radius 1 is 0.958 bits per heavy atom. The summed E-state index contributed by atoms with van der Waals surface area (Å²) >= 11 is 0. The quantitative estimate of drug-likeness (QED) is 0.574. The molecule has 2 bridgehead atoms. The first kappa shape index (κ1) is 15.4. The van der Waals surface area contributed by atoms with Crippen molar-refractivity contribution >= 4 is 0 Å². The molecule has 24 heavy (non-hydrogen) atoms. The molecule has 4 saturated heterocycles. The average Bonchev–Trinajstić information content (AvgIpc) is 2.62. The second-order valence-corrected chi connectivity index (χ2v) is 8.80. The Bertz CT molecular complexity index is 591. The Hall–Kier alpha value is -0.900. The zero-order chi connectivity index (χ0) is 16.1. The second-order valence-electron chi connectivity index (χ2n) is 8.80. The third-order valence-electron chi connectivity index (χ3n) is 7.56. The number of piperidine rings is 4. The van der Waals surface area contributed by atoms with Gasteiger partial charge in [0.05, 0.1) is 19.1 Å². The number of nitrogens with zero attached hydrogens (tertiary/aromatic N) is 2. The molecule has 0 spiro atoms. The maximum absolute atomic E-state index is 13.5. The molecular weight excluding hydrogens is 296 g/mol. The molecule has 5 rings (SSSR count). The van der Waals surface area contributed by atoms with Crippen molar-refractivity contribution in [3.05, 3.63) is 41.1 Å². The Morgan fingerprint density at radius 2 is 1.83 bits per heavy atom. The SMILES string of the molecule is [O-][N+]12CCCC[C@@H]1[C@H]1C[C@H](C2)[C@@H]2CCC[C@H](c3ccccc3)N2C1. The van der Waals surface area contributed by atoms with Crippen LogP contribution in [0, 0.1) is 17.0 Å². The van der Waals surface area contributed by atoms with E-state index in [2.05, 4.69) is 35.2 Å². The van der Waals surface area contributed by atoms with Crippen molar-refractivity contribution in [1.82, 2.24) is 4.90 Å². The van der Waals surface area contributed by atoms with Crippen LogP contribution in [0.2, 0.25) is 0 Å². The van der Waals surface area contributed by atoms with Gasteiger partial charge in [0.15, 0.2) is 0 Å². The molecule has 1 aromatic rings. The summed E-state index contributed by atoms with van der Waals surface area (Å²) in [6, 6.07) is 12.8. The fourth-order valence-corrected chi connectivity index (χ4v) is 6.63. The molecule has 3 heteroatoms. The lowest BCUT2D eigenvalue weighted by Gasteiger charge is -2.64. The van der Waals surface area contributed by atoms with Gasteiger partial charge in [-0.1, -0.05) is 30.3 Å². The van der Waals surface area contributed by atoms with Crippen LogP contribution in [0.4, 0.5) is 0 Å². The van der Waals surface area contributed by atoms with Gasteiger partial charge in [-0.05, 0) is 44.1 Å². The molecular formula is C21H30N2O. The van der Waals surface area contributed by atoms with E-state index in [9.17, 15) is 5.21 Å². The minimum atomic E-state index is 0.162. The number of fused-ring (bicyclic) bond motifs is 6. The predicted octanol–water partition coefficient (Wildman–Crippen LogP) is 4.10. The van der Waals surface area contributed by atoms with Crippen LogP contribution in [0.5, 0.6) is 0 Å². The van der Waals surface area contributed by atoms with E-state index in [1.54, 1.807) is 0 Å². The van der Waals surface area contributed by atoms with Gasteiger partial charge in [0.1, 0.15) is 0 Å². The summed E-state index contributed by atoms with van der Waals surface area (Å²) in [4.78, 5) is 2.83. The molecule has 1 aromatic carbocycles. The molecule has 4 aliphatic heterocycles. The van der Waals surface area contributed by atoms with E-state index in [0.717, 1.165) is 19.5 Å². The smallest absolute Gasteiger partial charge is 0.0928 e. The van der Waals surface area contributed by atoms with Crippen LogP contribution in [0.1, 0.15) is 56.6 Å². The van der Waals surface area contributed by atoms with E-state index in [0.29, 0.717) is 30.0 Å². The van der Waals surface area contributed by atoms with Crippen molar-refractivity contribution in [3.8, 4) is 0 Å². The average molecular weight is 326 g/mol. The van der Waals surface area contributed by atoms with Crippen molar-refractivity contribution in [2.45, 2.75) is 63.1 Å². The van der Waals surface area contributed by atoms with E-state index < -0.39 is 0 Å². The van der Waals surface area contributed by atoms with E-state index >= 15 is 0 Å². The first-order valence-corrected chi connectivity index (χ1v) is 10.1. The van der Waals surface area contributed by atoms with Crippen LogP contribution in [0.25, 0.3) is 0 Å². The Morgan fingerprint density at radius 3 is 2.71 bits per heavy atom. The number of hydroxylamine groups is 3. The van der Waals surface area contributed by atoms with Crippen LogP contribution in [-0.4, -0.2) is 41.3 Å². The molecule has 1 unspecified atom stereocenters. The highest BCUT2D eigenvalue weighted by Gasteiger charge is 2.53. The molecule has 0 radical (unpaired) electrons. The number of benzene rings is 1. The van der Waals surface area contributed by atoms with Crippen LogP contribution < -0.4 is 0 Å². The number of hydrogen-bond donors (Lipinski definition) is 0. The fraction of sp³-hybridized carbons (Fsp3) is 0.714. The summed E-state index contributed by atoms with van der Waals surface area (Å²) in [5, 5.41) is 13.5. The van der Waals surface area contributed by atoms with Crippen LogP contribution >= 0.6 is 0 Å². The van der Waals surface area contributed by atoms with Gasteiger partial charge in [0.25, 0.3) is 0 Å². The lowest BCUT2D eigenvalue weighted by Crippen LogP contribution is -2.69. The van der Waals surface area contributed by atoms with E-state index in [4.69, 9.17) is 0 Å². The summed E-state index contributed by atoms with van der Waals surface area (Å²) in [5.74, 6) is 1.28. The van der Waals surface area contributed by atoms with Gasteiger partial charge in [0, 0.05) is 36.9 Å². The Kier molecular flexibility index (Phi) is 3.73. The minimum absolute atomic E-state index is 0.162. The molecule has 130 valence electrons. The lowest BCUT2D eigenvalue weighted by atomic mass is 9.69. The molecule has 4 aliphatic rings. The topological polar surface area (TPSA) is 26.3 Å². The molecule has 0 saturated carbocycles. The van der Waals surface area contributed by atoms with E-state index in [1.165, 1.54) is 50.6 Å². The first-order valence-electron chi connectivity index (χ1n) is 10.1. The highest BCUT2D eigenvalue weighted by Crippen LogP contribution is 2.49. The van der Waals surface area contributed by atoms with E-state index in [-0.39, 0.29) is 4.65 Å². The standard InChI is InChI=1S/C21H30N2O/c24-23-12-5-4-11-21(23)17-13-18(15-23)20-10-6-9-19(22(20)14-17)16-7-2-1-3-8-16/h1-3,7-8,17-21H,4-6,9-15H2/t17-,18+,19+,20-,21+,23?/m0/s1. The van der Waals surface area contributed by atoms with Gasteiger partial charge in [-0.25, -0.2) is 0 Å². The third kappa shape index (κ3) is 2.36. The fourth-order valence-electron chi connectivity index (χ4n) is 6.63. The summed E-state index contributed by atoms with van der Waals surface area (Å²) in [5.41, 5.74) is 1.49. The number of rotatable bonds is 1. The second kappa shape index (κ2) is 5.82. The molecule has 6 atom stereocenters. The minimum Gasteiger partial charge on any atom is -0.633 e. The largest absolute Gasteiger partial charge is 0.633 e. The monoisotopic (exact) mass is 326 g/mol. The summed E-state index contributed by atoms with van der Waals surface area (Å²) in [7, 11) is 0. The van der Waals surface area contributed by atoms with Crippen molar-refractivity contribution in [3.63, 3.8) is 0 Å². The van der Waals surface area contributed by atoms with Crippen LogP contribution in [0.15, 0.2) is 30.3 Å². The highest BCUT2D eigenvalue weighted by atomic mass is 16.5. The summed E-state index contributed by atoms with van der Waals surface area (Å²) in [6.07, 6.45) is 8.86. The Balaban J connectivity index is 1.45. The molecule has 4 heterocycles. The zero-order valence-electron chi connectivity index (χ0n) is 14.6. The third-order valence-corrected chi connectivity index (χ3v) is 7.56. The van der Waals surface area contributed by atoms with Crippen LogP contribution in [-0.2, 0) is 0 Å².